The van der Waals surface area contributed by atoms with E-state index in [1.165, 1.54) is 17.8 Å². The highest BCUT2D eigenvalue weighted by molar-refractivity contribution is 9.10. The molecule has 0 saturated heterocycles. The number of hydrogen-bond acceptors (Lipinski definition) is 2. The van der Waals surface area contributed by atoms with Crippen LogP contribution in [0.15, 0.2) is 50.7 Å². The number of rotatable bonds is 4. The van der Waals surface area contributed by atoms with Crippen molar-refractivity contribution in [3.05, 3.63) is 57.4 Å². The van der Waals surface area contributed by atoms with Crippen molar-refractivity contribution in [2.75, 3.05) is 0 Å². The molecule has 2 heterocycles. The SMILES string of the molecule is O=C(O)CC1CCn2c1c(Sc1ccc(Cl)cc1)c1c(Br)ccc(F)c12. The van der Waals surface area contributed by atoms with Crippen LogP contribution in [0.5, 0.6) is 0 Å². The van der Waals surface area contributed by atoms with E-state index >= 15 is 0 Å². The van der Waals surface area contributed by atoms with Gasteiger partial charge >= 0.3 is 5.97 Å². The minimum Gasteiger partial charge on any atom is -0.481 e. The summed E-state index contributed by atoms with van der Waals surface area (Å²) in [6.45, 7) is 0.623. The van der Waals surface area contributed by atoms with Crippen LogP contribution < -0.4 is 0 Å². The topological polar surface area (TPSA) is 42.2 Å². The summed E-state index contributed by atoms with van der Waals surface area (Å²) in [5.41, 5.74) is 1.45. The van der Waals surface area contributed by atoms with E-state index in [2.05, 4.69) is 15.9 Å². The van der Waals surface area contributed by atoms with E-state index in [9.17, 15) is 14.3 Å². The Hall–Kier alpha value is -1.50. The van der Waals surface area contributed by atoms with Gasteiger partial charge in [0, 0.05) is 42.8 Å². The number of nitrogens with zero attached hydrogens (tertiary/aromatic N) is 1. The maximum absolute atomic E-state index is 14.6. The number of fused-ring (bicyclic) bond motifs is 3. The smallest absolute Gasteiger partial charge is 0.304 e. The van der Waals surface area contributed by atoms with Crippen molar-refractivity contribution in [1.82, 2.24) is 4.57 Å². The van der Waals surface area contributed by atoms with Crippen molar-refractivity contribution in [3.8, 4) is 0 Å². The molecular formula is C19H14BrClFNO2S. The van der Waals surface area contributed by atoms with Gasteiger partial charge in [-0.15, -0.1) is 0 Å². The normalized spacial score (nSPS) is 16.2. The Balaban J connectivity index is 1.93. The molecule has 1 aromatic heterocycles. The fraction of sp³-hybridized carbons (Fsp3) is 0.211. The van der Waals surface area contributed by atoms with E-state index < -0.39 is 5.97 Å². The van der Waals surface area contributed by atoms with Gasteiger partial charge in [-0.25, -0.2) is 4.39 Å². The molecule has 0 radical (unpaired) electrons. The first-order valence-corrected chi connectivity index (χ1v) is 10.1. The van der Waals surface area contributed by atoms with Gasteiger partial charge in [0.15, 0.2) is 0 Å². The molecule has 26 heavy (non-hydrogen) atoms. The van der Waals surface area contributed by atoms with Crippen LogP contribution in [0.1, 0.15) is 24.5 Å². The highest BCUT2D eigenvalue weighted by Gasteiger charge is 2.33. The number of benzene rings is 2. The van der Waals surface area contributed by atoms with Crippen LogP contribution in [-0.2, 0) is 11.3 Å². The molecule has 1 aliphatic rings. The van der Waals surface area contributed by atoms with E-state index in [-0.39, 0.29) is 18.2 Å². The van der Waals surface area contributed by atoms with Crippen molar-refractivity contribution in [2.24, 2.45) is 0 Å². The zero-order valence-corrected chi connectivity index (χ0v) is 16.7. The van der Waals surface area contributed by atoms with E-state index in [4.69, 9.17) is 11.6 Å². The second-order valence-corrected chi connectivity index (χ2v) is 8.63. The van der Waals surface area contributed by atoms with E-state index in [1.807, 2.05) is 28.8 Å². The standard InChI is InChI=1S/C19H14BrClFNO2S/c20-13-5-6-14(22)18-16(13)19(26-12-3-1-11(21)2-4-12)17-10(9-15(24)25)7-8-23(17)18/h1-6,10H,7-9H2,(H,24,25). The Morgan fingerprint density at radius 3 is 2.73 bits per heavy atom. The molecule has 1 unspecified atom stereocenters. The number of carbonyl (C=O) groups is 1. The monoisotopic (exact) mass is 453 g/mol. The first kappa shape index (κ1) is 17.9. The average Bonchev–Trinajstić information content (AvgIpc) is 3.13. The fourth-order valence-electron chi connectivity index (χ4n) is 3.59. The highest BCUT2D eigenvalue weighted by Crippen LogP contribution is 2.49. The molecule has 1 atom stereocenters. The summed E-state index contributed by atoms with van der Waals surface area (Å²) in [6, 6.07) is 10.6. The van der Waals surface area contributed by atoms with Crippen LogP contribution in [0.2, 0.25) is 5.02 Å². The third-order valence-corrected chi connectivity index (χ3v) is 6.68. The largest absolute Gasteiger partial charge is 0.481 e. The molecule has 134 valence electrons. The fourth-order valence-corrected chi connectivity index (χ4v) is 5.56. The molecule has 3 aromatic rings. The summed E-state index contributed by atoms with van der Waals surface area (Å²) >= 11 is 11.0. The molecule has 0 aliphatic carbocycles. The van der Waals surface area contributed by atoms with Crippen molar-refractivity contribution < 1.29 is 14.3 Å². The molecule has 1 aliphatic heterocycles. The lowest BCUT2D eigenvalue weighted by Crippen LogP contribution is -2.04. The van der Waals surface area contributed by atoms with Crippen LogP contribution in [0.3, 0.4) is 0 Å². The Morgan fingerprint density at radius 1 is 1.31 bits per heavy atom. The van der Waals surface area contributed by atoms with Gasteiger partial charge in [0.1, 0.15) is 5.82 Å². The second kappa shape index (κ2) is 6.91. The van der Waals surface area contributed by atoms with Crippen LogP contribution in [0.4, 0.5) is 4.39 Å². The highest BCUT2D eigenvalue weighted by atomic mass is 79.9. The minimum atomic E-state index is -0.837. The third kappa shape index (κ3) is 3.04. The van der Waals surface area contributed by atoms with Gasteiger partial charge in [0.05, 0.1) is 11.9 Å². The molecule has 3 nitrogen and oxygen atoms in total. The first-order valence-electron chi connectivity index (χ1n) is 8.11. The molecule has 4 rings (SSSR count). The predicted molar refractivity (Wildman–Crippen MR) is 105 cm³/mol. The molecule has 0 saturated carbocycles. The average molecular weight is 455 g/mol. The Bertz CT molecular complexity index is 1020. The molecule has 0 amide bonds. The number of hydrogen-bond donors (Lipinski definition) is 1. The lowest BCUT2D eigenvalue weighted by Gasteiger charge is -2.10. The van der Waals surface area contributed by atoms with Gasteiger partial charge in [-0.2, -0.15) is 0 Å². The molecule has 7 heteroatoms. The Kier molecular flexibility index (Phi) is 4.75. The number of carboxylic acids is 1. The molecule has 1 N–H and O–H groups in total. The van der Waals surface area contributed by atoms with Gasteiger partial charge in [-0.1, -0.05) is 39.3 Å². The molecule has 0 spiro atoms. The maximum Gasteiger partial charge on any atom is 0.304 e. The Labute approximate surface area is 167 Å². The summed E-state index contributed by atoms with van der Waals surface area (Å²) < 4.78 is 17.4. The van der Waals surface area contributed by atoms with Crippen molar-refractivity contribution >= 4 is 56.2 Å². The maximum atomic E-state index is 14.6. The number of aryl methyl sites for hydroxylation is 1. The van der Waals surface area contributed by atoms with Gasteiger partial charge in [-0.3, -0.25) is 4.79 Å². The van der Waals surface area contributed by atoms with Crippen molar-refractivity contribution in [2.45, 2.75) is 35.1 Å². The summed E-state index contributed by atoms with van der Waals surface area (Å²) in [4.78, 5) is 13.2. The van der Waals surface area contributed by atoms with Crippen molar-refractivity contribution in [3.63, 3.8) is 0 Å². The summed E-state index contributed by atoms with van der Waals surface area (Å²) in [5, 5.41) is 10.7. The lowest BCUT2D eigenvalue weighted by molar-refractivity contribution is -0.137. The van der Waals surface area contributed by atoms with Gasteiger partial charge in [-0.05, 0) is 42.8 Å². The van der Waals surface area contributed by atoms with Crippen LogP contribution in [0, 0.1) is 5.82 Å². The third-order valence-electron chi connectivity index (χ3n) is 4.64. The summed E-state index contributed by atoms with van der Waals surface area (Å²) in [5.74, 6) is -1.25. The quantitative estimate of drug-likeness (QED) is 0.502. The zero-order valence-electron chi connectivity index (χ0n) is 13.5. The second-order valence-electron chi connectivity index (χ2n) is 6.26. The Morgan fingerprint density at radius 2 is 2.04 bits per heavy atom. The summed E-state index contributed by atoms with van der Waals surface area (Å²) in [7, 11) is 0. The molecule has 0 fully saturated rings. The minimum absolute atomic E-state index is 0.0454. The predicted octanol–water partition coefficient (Wildman–Crippen LogP) is 6.31. The van der Waals surface area contributed by atoms with Gasteiger partial charge in [0.2, 0.25) is 0 Å². The van der Waals surface area contributed by atoms with Gasteiger partial charge in [0.25, 0.3) is 0 Å². The van der Waals surface area contributed by atoms with Gasteiger partial charge < -0.3 is 9.67 Å². The lowest BCUT2D eigenvalue weighted by atomic mass is 10.0. The number of carboxylic acid groups (broad SMARTS) is 1. The molecule has 2 aromatic carbocycles. The number of aliphatic carboxylic acids is 1. The molecular weight excluding hydrogens is 441 g/mol. The number of halogens is 3. The van der Waals surface area contributed by atoms with Crippen LogP contribution in [-0.4, -0.2) is 15.6 Å². The number of aromatic nitrogens is 1. The van der Waals surface area contributed by atoms with E-state index in [1.54, 1.807) is 6.07 Å². The van der Waals surface area contributed by atoms with E-state index in [0.29, 0.717) is 23.5 Å². The van der Waals surface area contributed by atoms with Crippen molar-refractivity contribution in [1.29, 1.82) is 0 Å². The van der Waals surface area contributed by atoms with E-state index in [0.717, 1.165) is 25.3 Å². The first-order chi connectivity index (χ1) is 12.5. The summed E-state index contributed by atoms with van der Waals surface area (Å²) in [6.07, 6.45) is 0.751. The van der Waals surface area contributed by atoms with Crippen LogP contribution >= 0.6 is 39.3 Å². The molecule has 0 bridgehead atoms. The zero-order chi connectivity index (χ0) is 18.4. The van der Waals surface area contributed by atoms with Crippen LogP contribution in [0.25, 0.3) is 10.9 Å².